The summed E-state index contributed by atoms with van der Waals surface area (Å²) in [6.07, 6.45) is -1.15. The molecule has 1 atom stereocenters. The zero-order chi connectivity index (χ0) is 14.5. The van der Waals surface area contributed by atoms with Gasteiger partial charge >= 0.3 is 6.09 Å². The molecular formula is C12H15N5O2S. The van der Waals surface area contributed by atoms with Crippen LogP contribution in [-0.2, 0) is 11.3 Å². The quantitative estimate of drug-likeness (QED) is 0.588. The normalized spacial score (nSPS) is 11.8. The van der Waals surface area contributed by atoms with E-state index in [9.17, 15) is 4.79 Å². The van der Waals surface area contributed by atoms with E-state index in [1.807, 2.05) is 30.3 Å². The first-order valence-corrected chi connectivity index (χ1v) is 6.39. The molecule has 2 aromatic rings. The van der Waals surface area contributed by atoms with Crippen molar-refractivity contribution in [1.29, 1.82) is 0 Å². The highest BCUT2D eigenvalue weighted by Crippen LogP contribution is 2.12. The Hall–Kier alpha value is -2.35. The molecular weight excluding hydrogens is 278 g/mol. The Morgan fingerprint density at radius 3 is 2.85 bits per heavy atom. The van der Waals surface area contributed by atoms with E-state index in [4.69, 9.17) is 22.8 Å². The van der Waals surface area contributed by atoms with Gasteiger partial charge in [0.25, 0.3) is 0 Å². The van der Waals surface area contributed by atoms with E-state index in [2.05, 4.69) is 15.5 Å². The molecule has 0 unspecified atom stereocenters. The maximum Gasteiger partial charge on any atom is 0.408 e. The summed E-state index contributed by atoms with van der Waals surface area (Å²) in [5, 5.41) is 9.08. The number of hydrogen-bond acceptors (Lipinski definition) is 5. The molecule has 1 aromatic heterocycles. The van der Waals surface area contributed by atoms with Crippen molar-refractivity contribution in [3.05, 3.63) is 46.5 Å². The minimum Gasteiger partial charge on any atom is -0.438 e. The number of alkyl carbamates (subject to hydrolysis) is 1. The molecule has 0 bridgehead atoms. The van der Waals surface area contributed by atoms with E-state index >= 15 is 0 Å². The van der Waals surface area contributed by atoms with Gasteiger partial charge in [0, 0.05) is 6.54 Å². The van der Waals surface area contributed by atoms with Crippen LogP contribution in [0.4, 0.5) is 4.79 Å². The third kappa shape index (κ3) is 3.35. The number of nitrogen functional groups attached to an aromatic ring is 1. The van der Waals surface area contributed by atoms with E-state index in [1.54, 1.807) is 6.92 Å². The average Bonchev–Trinajstić information content (AvgIpc) is 2.78. The number of nitrogens with zero attached hydrogens (tertiary/aromatic N) is 2. The summed E-state index contributed by atoms with van der Waals surface area (Å²) in [5.74, 6) is 6.00. The first-order valence-electron chi connectivity index (χ1n) is 5.98. The second-order valence-corrected chi connectivity index (χ2v) is 4.53. The smallest absolute Gasteiger partial charge is 0.408 e. The molecule has 1 heterocycles. The summed E-state index contributed by atoms with van der Waals surface area (Å²) >= 11 is 4.89. The number of nitrogens with one attached hydrogen (secondary N) is 2. The number of hydrogen-bond donors (Lipinski definition) is 3. The molecule has 0 spiro atoms. The Labute approximate surface area is 120 Å². The lowest BCUT2D eigenvalue weighted by molar-refractivity contribution is 0.101. The van der Waals surface area contributed by atoms with E-state index in [1.165, 1.54) is 4.68 Å². The van der Waals surface area contributed by atoms with E-state index < -0.39 is 12.2 Å². The fraction of sp³-hybridized carbons (Fsp3) is 0.250. The van der Waals surface area contributed by atoms with Crippen molar-refractivity contribution in [2.24, 2.45) is 0 Å². The molecule has 4 N–H and O–H groups in total. The van der Waals surface area contributed by atoms with Crippen LogP contribution < -0.4 is 11.2 Å². The van der Waals surface area contributed by atoms with Crippen LogP contribution in [0.5, 0.6) is 0 Å². The largest absolute Gasteiger partial charge is 0.438 e. The van der Waals surface area contributed by atoms with Crippen LogP contribution in [0.3, 0.4) is 0 Å². The van der Waals surface area contributed by atoms with Crippen LogP contribution in [0.1, 0.15) is 24.4 Å². The zero-order valence-corrected chi connectivity index (χ0v) is 11.7. The average molecular weight is 293 g/mol. The highest BCUT2D eigenvalue weighted by Gasteiger charge is 2.17. The second-order valence-electron chi connectivity index (χ2n) is 4.14. The topological polar surface area (TPSA) is 98.0 Å². The fourth-order valence-corrected chi connectivity index (χ4v) is 1.77. The van der Waals surface area contributed by atoms with Gasteiger partial charge in [0.15, 0.2) is 11.9 Å². The lowest BCUT2D eigenvalue weighted by Gasteiger charge is -2.12. The number of carbonyl (C=O) groups excluding carboxylic acids is 1. The van der Waals surface area contributed by atoms with Gasteiger partial charge in [-0.05, 0) is 24.7 Å². The predicted molar refractivity (Wildman–Crippen MR) is 75.7 cm³/mol. The fourth-order valence-electron chi connectivity index (χ4n) is 1.63. The lowest BCUT2D eigenvalue weighted by atomic mass is 10.2. The number of benzene rings is 1. The van der Waals surface area contributed by atoms with Gasteiger partial charge in [-0.1, -0.05) is 30.3 Å². The van der Waals surface area contributed by atoms with Crippen molar-refractivity contribution in [1.82, 2.24) is 20.2 Å². The van der Waals surface area contributed by atoms with Crippen LogP contribution in [0.25, 0.3) is 0 Å². The Kier molecular flexibility index (Phi) is 4.36. The molecule has 0 aliphatic heterocycles. The molecule has 0 saturated carbocycles. The molecule has 0 radical (unpaired) electrons. The maximum absolute atomic E-state index is 11.7. The van der Waals surface area contributed by atoms with Crippen LogP contribution in [-0.4, -0.2) is 21.0 Å². The Bertz CT molecular complexity index is 637. The van der Waals surface area contributed by atoms with E-state index in [-0.39, 0.29) is 4.77 Å². The Balaban J connectivity index is 1.88. The van der Waals surface area contributed by atoms with Gasteiger partial charge in [-0.25, -0.2) is 9.47 Å². The second kappa shape index (κ2) is 6.20. The maximum atomic E-state index is 11.7. The summed E-state index contributed by atoms with van der Waals surface area (Å²) in [6, 6.07) is 9.53. The third-order valence-corrected chi connectivity index (χ3v) is 2.95. The summed E-state index contributed by atoms with van der Waals surface area (Å²) in [5.41, 5.74) is 0.985. The highest BCUT2D eigenvalue weighted by atomic mass is 32.1. The minimum atomic E-state index is -0.608. The van der Waals surface area contributed by atoms with Gasteiger partial charge in [0.05, 0.1) is 0 Å². The SMILES string of the molecule is C[C@@H](OC(=O)NCc1ccccc1)c1n[nH]c(=S)n1N. The van der Waals surface area contributed by atoms with Crippen LogP contribution in [0.15, 0.2) is 30.3 Å². The molecule has 2 rings (SSSR count). The molecule has 7 nitrogen and oxygen atoms in total. The summed E-state index contributed by atoms with van der Waals surface area (Å²) in [7, 11) is 0. The number of amides is 1. The molecule has 0 fully saturated rings. The van der Waals surface area contributed by atoms with Gasteiger partial charge in [-0.2, -0.15) is 5.10 Å². The zero-order valence-electron chi connectivity index (χ0n) is 10.9. The van der Waals surface area contributed by atoms with Crippen molar-refractivity contribution >= 4 is 18.3 Å². The van der Waals surface area contributed by atoms with Gasteiger partial charge in [0.2, 0.25) is 4.77 Å². The predicted octanol–water partition coefficient (Wildman–Crippen LogP) is 1.64. The first-order chi connectivity index (χ1) is 9.58. The number of aromatic nitrogens is 3. The van der Waals surface area contributed by atoms with Gasteiger partial charge < -0.3 is 15.9 Å². The van der Waals surface area contributed by atoms with Gasteiger partial charge in [-0.3, -0.25) is 5.10 Å². The van der Waals surface area contributed by atoms with E-state index in [0.717, 1.165) is 5.56 Å². The molecule has 1 amide bonds. The monoisotopic (exact) mass is 293 g/mol. The highest BCUT2D eigenvalue weighted by molar-refractivity contribution is 7.71. The van der Waals surface area contributed by atoms with Crippen LogP contribution >= 0.6 is 12.2 Å². The number of carbonyl (C=O) groups is 1. The lowest BCUT2D eigenvalue weighted by Crippen LogP contribution is -2.26. The third-order valence-electron chi connectivity index (χ3n) is 2.66. The van der Waals surface area contributed by atoms with Crippen molar-refractivity contribution in [2.45, 2.75) is 19.6 Å². The molecule has 0 aliphatic carbocycles. The molecule has 8 heteroatoms. The number of H-pyrrole nitrogens is 1. The van der Waals surface area contributed by atoms with Crippen molar-refractivity contribution < 1.29 is 9.53 Å². The van der Waals surface area contributed by atoms with E-state index in [0.29, 0.717) is 12.4 Å². The standard InChI is InChI=1S/C12H15N5O2S/c1-8(10-15-16-11(20)17(10)13)19-12(18)14-7-9-5-3-2-4-6-9/h2-6,8H,7,13H2,1H3,(H,14,18)(H,16,20)/t8-/m1/s1. The number of rotatable bonds is 4. The summed E-state index contributed by atoms with van der Waals surface area (Å²) < 4.78 is 6.61. The number of aromatic amines is 1. The van der Waals surface area contributed by atoms with Crippen LogP contribution in [0.2, 0.25) is 0 Å². The minimum absolute atomic E-state index is 0.264. The number of ether oxygens (including phenoxy) is 1. The molecule has 106 valence electrons. The molecule has 20 heavy (non-hydrogen) atoms. The molecule has 1 aromatic carbocycles. The summed E-state index contributed by atoms with van der Waals surface area (Å²) in [4.78, 5) is 11.7. The Morgan fingerprint density at radius 1 is 1.55 bits per heavy atom. The van der Waals surface area contributed by atoms with Crippen molar-refractivity contribution in [2.75, 3.05) is 5.84 Å². The number of nitrogens with two attached hydrogens (primary N) is 1. The van der Waals surface area contributed by atoms with Crippen molar-refractivity contribution in [3.8, 4) is 0 Å². The van der Waals surface area contributed by atoms with Gasteiger partial charge in [0.1, 0.15) is 0 Å². The molecule has 0 aliphatic rings. The van der Waals surface area contributed by atoms with Crippen LogP contribution in [0, 0.1) is 4.77 Å². The van der Waals surface area contributed by atoms with Gasteiger partial charge in [-0.15, -0.1) is 0 Å². The Morgan fingerprint density at radius 2 is 2.25 bits per heavy atom. The van der Waals surface area contributed by atoms with Crippen molar-refractivity contribution in [3.63, 3.8) is 0 Å². The summed E-state index contributed by atoms with van der Waals surface area (Å²) in [6.45, 7) is 2.05. The first kappa shape index (κ1) is 14.1. The molecule has 0 saturated heterocycles.